The Morgan fingerprint density at radius 1 is 1.29 bits per heavy atom. The fraction of sp³-hybridized carbons (Fsp3) is 1.00. The highest BCUT2D eigenvalue weighted by atomic mass is 35.5. The van der Waals surface area contributed by atoms with Crippen molar-refractivity contribution in [2.45, 2.75) is 33.1 Å². The van der Waals surface area contributed by atoms with Gasteiger partial charge in [-0.2, -0.15) is 0 Å². The van der Waals surface area contributed by atoms with E-state index in [0.29, 0.717) is 24.8 Å². The van der Waals surface area contributed by atoms with Gasteiger partial charge in [0, 0.05) is 12.4 Å². The monoisotopic (exact) mass is 241 g/mol. The number of hydrogen-bond donors (Lipinski definition) is 1. The standard InChI is InChI=1S/C9H20ClNO2S/c1-9(2)5-8-14(12,13)11-7-4-3-6-10/h9,11H,3-8H2,1-2H3. The molecule has 14 heavy (non-hydrogen) atoms. The third-order valence-electron chi connectivity index (χ3n) is 1.85. The maximum atomic E-state index is 11.4. The van der Waals surface area contributed by atoms with Crippen LogP contribution >= 0.6 is 11.6 Å². The first-order chi connectivity index (χ1) is 6.48. The second-order valence-corrected chi connectivity index (χ2v) is 6.10. The van der Waals surface area contributed by atoms with Crippen molar-refractivity contribution in [2.24, 2.45) is 5.92 Å². The van der Waals surface area contributed by atoms with E-state index in [1.54, 1.807) is 0 Å². The van der Waals surface area contributed by atoms with Gasteiger partial charge in [-0.3, -0.25) is 0 Å². The quantitative estimate of drug-likeness (QED) is 0.522. The molecule has 0 saturated carbocycles. The molecule has 0 aliphatic heterocycles. The zero-order valence-electron chi connectivity index (χ0n) is 8.92. The fourth-order valence-corrected chi connectivity index (χ4v) is 2.48. The summed E-state index contributed by atoms with van der Waals surface area (Å²) in [6.07, 6.45) is 2.38. The number of nitrogens with one attached hydrogen (secondary N) is 1. The van der Waals surface area contributed by atoms with E-state index in [1.165, 1.54) is 0 Å². The lowest BCUT2D eigenvalue weighted by Crippen LogP contribution is -2.27. The highest BCUT2D eigenvalue weighted by molar-refractivity contribution is 7.89. The number of hydrogen-bond acceptors (Lipinski definition) is 2. The van der Waals surface area contributed by atoms with Gasteiger partial charge in [0.1, 0.15) is 0 Å². The van der Waals surface area contributed by atoms with E-state index in [0.717, 1.165) is 12.8 Å². The van der Waals surface area contributed by atoms with Crippen LogP contribution in [-0.4, -0.2) is 26.6 Å². The maximum absolute atomic E-state index is 11.4. The summed E-state index contributed by atoms with van der Waals surface area (Å²) >= 11 is 5.48. The highest BCUT2D eigenvalue weighted by Gasteiger charge is 2.09. The van der Waals surface area contributed by atoms with Gasteiger partial charge in [0.05, 0.1) is 5.75 Å². The average molecular weight is 242 g/mol. The predicted molar refractivity (Wildman–Crippen MR) is 61.2 cm³/mol. The molecule has 0 heterocycles. The van der Waals surface area contributed by atoms with Crippen LogP contribution in [0.4, 0.5) is 0 Å². The molecule has 0 spiro atoms. The van der Waals surface area contributed by atoms with Crippen molar-refractivity contribution in [1.29, 1.82) is 0 Å². The van der Waals surface area contributed by atoms with E-state index in [1.807, 2.05) is 13.8 Å². The van der Waals surface area contributed by atoms with Gasteiger partial charge in [-0.1, -0.05) is 13.8 Å². The molecule has 3 nitrogen and oxygen atoms in total. The minimum atomic E-state index is -3.05. The molecule has 0 aromatic heterocycles. The van der Waals surface area contributed by atoms with Crippen molar-refractivity contribution in [3.8, 4) is 0 Å². The topological polar surface area (TPSA) is 46.2 Å². The Hall–Kier alpha value is 0.200. The first-order valence-electron chi connectivity index (χ1n) is 5.01. The molecule has 5 heteroatoms. The Kier molecular flexibility index (Phi) is 7.59. The molecule has 0 radical (unpaired) electrons. The van der Waals surface area contributed by atoms with Crippen LogP contribution in [0.2, 0.25) is 0 Å². The molecule has 0 unspecified atom stereocenters. The molecule has 0 aromatic carbocycles. The van der Waals surface area contributed by atoms with Crippen molar-refractivity contribution >= 4 is 21.6 Å². The Bertz CT molecular complexity index is 227. The number of halogens is 1. The van der Waals surface area contributed by atoms with Crippen molar-refractivity contribution in [1.82, 2.24) is 4.72 Å². The number of rotatable bonds is 8. The zero-order valence-corrected chi connectivity index (χ0v) is 10.5. The fourth-order valence-electron chi connectivity index (χ4n) is 0.910. The molecule has 0 atom stereocenters. The summed E-state index contributed by atoms with van der Waals surface area (Å²) in [6.45, 7) is 4.54. The third-order valence-corrected chi connectivity index (χ3v) is 3.53. The molecule has 86 valence electrons. The van der Waals surface area contributed by atoms with Gasteiger partial charge >= 0.3 is 0 Å². The van der Waals surface area contributed by atoms with E-state index in [4.69, 9.17) is 11.6 Å². The molecule has 0 bridgehead atoms. The Morgan fingerprint density at radius 2 is 1.93 bits per heavy atom. The van der Waals surface area contributed by atoms with Crippen molar-refractivity contribution < 1.29 is 8.42 Å². The second kappa shape index (κ2) is 7.49. The van der Waals surface area contributed by atoms with Gasteiger partial charge < -0.3 is 0 Å². The van der Waals surface area contributed by atoms with Crippen molar-refractivity contribution in [3.63, 3.8) is 0 Å². The molecule has 0 aliphatic carbocycles. The zero-order chi connectivity index (χ0) is 11.0. The van der Waals surface area contributed by atoms with Gasteiger partial charge in [0.2, 0.25) is 10.0 Å². The van der Waals surface area contributed by atoms with Gasteiger partial charge in [0.15, 0.2) is 0 Å². The smallest absolute Gasteiger partial charge is 0.211 e. The summed E-state index contributed by atoms with van der Waals surface area (Å²) in [6, 6.07) is 0. The SMILES string of the molecule is CC(C)CCS(=O)(=O)NCCCCCl. The van der Waals surface area contributed by atoms with Crippen LogP contribution in [0.5, 0.6) is 0 Å². The molecule has 1 N–H and O–H groups in total. The lowest BCUT2D eigenvalue weighted by molar-refractivity contribution is 0.559. The van der Waals surface area contributed by atoms with Crippen LogP contribution in [0.15, 0.2) is 0 Å². The van der Waals surface area contributed by atoms with Gasteiger partial charge in [-0.05, 0) is 25.2 Å². The van der Waals surface area contributed by atoms with E-state index >= 15 is 0 Å². The van der Waals surface area contributed by atoms with Crippen LogP contribution < -0.4 is 4.72 Å². The molecule has 0 aromatic rings. The summed E-state index contributed by atoms with van der Waals surface area (Å²) in [7, 11) is -3.05. The molecule has 0 fully saturated rings. The molecular formula is C9H20ClNO2S. The minimum Gasteiger partial charge on any atom is -0.215 e. The molecule has 0 rings (SSSR count). The summed E-state index contributed by atoms with van der Waals surface area (Å²) < 4.78 is 25.3. The van der Waals surface area contributed by atoms with E-state index in [2.05, 4.69) is 4.72 Å². The maximum Gasteiger partial charge on any atom is 0.211 e. The minimum absolute atomic E-state index is 0.228. The van der Waals surface area contributed by atoms with Crippen LogP contribution in [0.1, 0.15) is 33.1 Å². The summed E-state index contributed by atoms with van der Waals surface area (Å²) in [4.78, 5) is 0. The second-order valence-electron chi connectivity index (χ2n) is 3.79. The summed E-state index contributed by atoms with van der Waals surface area (Å²) in [5.74, 6) is 1.24. The van der Waals surface area contributed by atoms with Crippen LogP contribution in [0.3, 0.4) is 0 Å². The summed E-state index contributed by atoms with van der Waals surface area (Å²) in [5, 5.41) is 0. The first kappa shape index (κ1) is 14.2. The van der Waals surface area contributed by atoms with E-state index in [-0.39, 0.29) is 5.75 Å². The van der Waals surface area contributed by atoms with Gasteiger partial charge in [0.25, 0.3) is 0 Å². The average Bonchev–Trinajstić information content (AvgIpc) is 2.10. The largest absolute Gasteiger partial charge is 0.215 e. The van der Waals surface area contributed by atoms with Crippen LogP contribution in [0, 0.1) is 5.92 Å². The number of sulfonamides is 1. The lowest BCUT2D eigenvalue weighted by atomic mass is 10.2. The predicted octanol–water partition coefficient (Wildman–Crippen LogP) is 1.97. The number of unbranched alkanes of at least 4 members (excludes halogenated alkanes) is 1. The highest BCUT2D eigenvalue weighted by Crippen LogP contribution is 2.01. The van der Waals surface area contributed by atoms with Crippen molar-refractivity contribution in [3.05, 3.63) is 0 Å². The molecular weight excluding hydrogens is 222 g/mol. The van der Waals surface area contributed by atoms with E-state index in [9.17, 15) is 8.42 Å². The molecule has 0 saturated heterocycles. The Labute approximate surface area is 92.3 Å². The summed E-state index contributed by atoms with van der Waals surface area (Å²) in [5.41, 5.74) is 0. The Balaban J connectivity index is 3.62. The lowest BCUT2D eigenvalue weighted by Gasteiger charge is -2.07. The van der Waals surface area contributed by atoms with Gasteiger partial charge in [-0.25, -0.2) is 13.1 Å². The Morgan fingerprint density at radius 3 is 2.43 bits per heavy atom. The molecule has 0 aliphatic rings. The number of alkyl halides is 1. The molecule has 0 amide bonds. The van der Waals surface area contributed by atoms with Crippen molar-refractivity contribution in [2.75, 3.05) is 18.2 Å². The van der Waals surface area contributed by atoms with Gasteiger partial charge in [-0.15, -0.1) is 11.6 Å². The first-order valence-corrected chi connectivity index (χ1v) is 7.20. The van der Waals surface area contributed by atoms with Crippen LogP contribution in [-0.2, 0) is 10.0 Å². The van der Waals surface area contributed by atoms with Crippen LogP contribution in [0.25, 0.3) is 0 Å². The van der Waals surface area contributed by atoms with E-state index < -0.39 is 10.0 Å². The normalized spacial score (nSPS) is 12.3. The third kappa shape index (κ3) is 8.78.